The molecule has 2 atom stereocenters. The zero-order valence-electron chi connectivity index (χ0n) is 22.5. The van der Waals surface area contributed by atoms with E-state index in [1.54, 1.807) is 22.8 Å². The number of likely N-dealkylation sites (tertiary alicyclic amines) is 1. The van der Waals surface area contributed by atoms with Crippen LogP contribution in [0.5, 0.6) is 5.75 Å². The number of Topliss-reactive ketones (excluding diaryl/α,β-unsaturated/α-hetero) is 1. The molecule has 3 aliphatic heterocycles. The van der Waals surface area contributed by atoms with Crippen molar-refractivity contribution in [3.8, 4) is 5.75 Å². The van der Waals surface area contributed by atoms with Gasteiger partial charge in [-0.3, -0.25) is 24.2 Å². The number of carboxylic acid groups (broad SMARTS) is 1. The van der Waals surface area contributed by atoms with E-state index in [1.165, 1.54) is 18.2 Å². The highest BCUT2D eigenvalue weighted by Crippen LogP contribution is 2.45. The van der Waals surface area contributed by atoms with Crippen molar-refractivity contribution < 1.29 is 28.6 Å². The molecule has 11 heteroatoms. The van der Waals surface area contributed by atoms with E-state index in [0.717, 1.165) is 38.3 Å². The highest BCUT2D eigenvalue weighted by Gasteiger charge is 2.44. The summed E-state index contributed by atoms with van der Waals surface area (Å²) in [6, 6.07) is 8.18. The number of aromatic nitrogens is 1. The Morgan fingerprint density at radius 3 is 2.63 bits per heavy atom. The number of para-hydroxylation sites is 1. The van der Waals surface area contributed by atoms with Crippen molar-refractivity contribution in [1.29, 1.82) is 0 Å². The Balaban J connectivity index is 1.25. The van der Waals surface area contributed by atoms with E-state index in [9.17, 15) is 24.3 Å². The van der Waals surface area contributed by atoms with Gasteiger partial charge in [0, 0.05) is 37.9 Å². The molecule has 0 spiro atoms. The van der Waals surface area contributed by atoms with Gasteiger partial charge < -0.3 is 19.3 Å². The number of piperidine rings is 1. The molecule has 1 aromatic heterocycles. The van der Waals surface area contributed by atoms with Crippen LogP contribution >= 0.6 is 0 Å². The maximum absolute atomic E-state index is 15.9. The third kappa shape index (κ3) is 3.93. The van der Waals surface area contributed by atoms with Gasteiger partial charge in [-0.25, -0.2) is 9.18 Å². The Hall–Kier alpha value is -4.25. The molecule has 1 saturated carbocycles. The molecule has 7 rings (SSSR count). The van der Waals surface area contributed by atoms with Crippen LogP contribution in [-0.2, 0) is 4.79 Å². The molecule has 1 aliphatic carbocycles. The molecule has 4 heterocycles. The first-order chi connectivity index (χ1) is 19.8. The van der Waals surface area contributed by atoms with E-state index in [4.69, 9.17) is 4.74 Å². The number of carbonyl (C=O) groups excluding carboxylic acids is 2. The zero-order valence-corrected chi connectivity index (χ0v) is 22.5. The number of methoxy groups -OCH3 is 1. The predicted molar refractivity (Wildman–Crippen MR) is 149 cm³/mol. The van der Waals surface area contributed by atoms with Crippen LogP contribution in [0, 0.1) is 11.7 Å². The van der Waals surface area contributed by atoms with Crippen LogP contribution in [-0.4, -0.2) is 71.7 Å². The summed E-state index contributed by atoms with van der Waals surface area (Å²) in [6.07, 6.45) is 4.86. The van der Waals surface area contributed by atoms with Crippen LogP contribution in [0.25, 0.3) is 10.9 Å². The van der Waals surface area contributed by atoms with Crippen LogP contribution in [0.15, 0.2) is 41.3 Å². The van der Waals surface area contributed by atoms with Crippen LogP contribution in [0.1, 0.15) is 52.4 Å². The van der Waals surface area contributed by atoms with Crippen LogP contribution in [0.3, 0.4) is 0 Å². The second kappa shape index (κ2) is 9.41. The van der Waals surface area contributed by atoms with Crippen LogP contribution < -0.4 is 20.0 Å². The molecular formula is C30H29FN4O6. The van der Waals surface area contributed by atoms with Gasteiger partial charge in [0.1, 0.15) is 11.3 Å². The number of pyridine rings is 1. The van der Waals surface area contributed by atoms with Crippen LogP contribution in [0.4, 0.5) is 15.8 Å². The summed E-state index contributed by atoms with van der Waals surface area (Å²) in [5.74, 6) is -2.61. The number of fused-ring (bicyclic) bond motifs is 3. The lowest BCUT2D eigenvalue weighted by atomic mass is 9.92. The number of halogens is 1. The molecule has 1 amide bonds. The fourth-order valence-corrected chi connectivity index (χ4v) is 6.93. The average molecular weight is 561 g/mol. The highest BCUT2D eigenvalue weighted by molar-refractivity contribution is 6.52. The molecule has 0 unspecified atom stereocenters. The summed E-state index contributed by atoms with van der Waals surface area (Å²) in [4.78, 5) is 56.0. The Morgan fingerprint density at radius 2 is 1.90 bits per heavy atom. The molecule has 41 heavy (non-hydrogen) atoms. The number of anilines is 2. The van der Waals surface area contributed by atoms with E-state index in [2.05, 4.69) is 4.90 Å². The second-order valence-electron chi connectivity index (χ2n) is 11.4. The molecule has 0 radical (unpaired) electrons. The fraction of sp³-hybridized carbons (Fsp3) is 0.400. The zero-order chi connectivity index (χ0) is 28.6. The first-order valence-electron chi connectivity index (χ1n) is 13.9. The number of hydrogen-bond donors (Lipinski definition) is 1. The summed E-state index contributed by atoms with van der Waals surface area (Å²) in [6.45, 7) is 2.05. The van der Waals surface area contributed by atoms with Gasteiger partial charge in [0.05, 0.1) is 35.9 Å². The van der Waals surface area contributed by atoms with E-state index in [1.807, 2.05) is 11.0 Å². The maximum atomic E-state index is 15.9. The molecule has 1 N–H and O–H groups in total. The smallest absolute Gasteiger partial charge is 0.341 e. The Morgan fingerprint density at radius 1 is 1.12 bits per heavy atom. The minimum atomic E-state index is -1.35. The van der Waals surface area contributed by atoms with Gasteiger partial charge in [-0.2, -0.15) is 0 Å². The van der Waals surface area contributed by atoms with Crippen molar-refractivity contribution in [3.63, 3.8) is 0 Å². The largest absolute Gasteiger partial charge is 0.492 e. The SMILES string of the molecule is COc1c(N2C[C@@H]3CCCN(CN4C(=O)C(=O)c5ccccc54)[C@@H]3C2)c(F)cc2c(=O)c(C(=O)O)cn(C3CC3)c12. The Bertz CT molecular complexity index is 1700. The topological polar surface area (TPSA) is 112 Å². The summed E-state index contributed by atoms with van der Waals surface area (Å²) < 4.78 is 23.5. The number of ketones is 1. The molecule has 0 bridgehead atoms. The van der Waals surface area contributed by atoms with Crippen molar-refractivity contribution in [2.75, 3.05) is 43.2 Å². The quantitative estimate of drug-likeness (QED) is 0.458. The fourth-order valence-electron chi connectivity index (χ4n) is 6.93. The number of nitrogens with zero attached hydrogens (tertiary/aromatic N) is 4. The number of hydrogen-bond acceptors (Lipinski definition) is 7. The molecule has 3 fully saturated rings. The summed E-state index contributed by atoms with van der Waals surface area (Å²) in [5, 5.41) is 9.60. The van der Waals surface area contributed by atoms with Gasteiger partial charge in [-0.15, -0.1) is 0 Å². The van der Waals surface area contributed by atoms with Gasteiger partial charge in [0.25, 0.3) is 5.78 Å². The highest BCUT2D eigenvalue weighted by atomic mass is 19.1. The third-order valence-electron chi connectivity index (χ3n) is 8.99. The summed E-state index contributed by atoms with van der Waals surface area (Å²) in [7, 11) is 1.44. The molecule has 10 nitrogen and oxygen atoms in total. The Kier molecular flexibility index (Phi) is 5.90. The molecule has 2 aromatic carbocycles. The normalized spacial score (nSPS) is 22.4. The molecule has 2 saturated heterocycles. The molecule has 3 aromatic rings. The standard InChI is InChI=1S/C30H29FN4O6/c1-41-28-24-19(26(36)20(30(39)40)13-34(24)17-8-9-17)11-21(31)25(28)33-12-16-5-4-10-32(23(16)14-33)15-35-22-7-3-2-6-18(22)27(37)29(35)38/h2-3,6-7,11,13,16-17,23H,4-5,8-10,12,14-15H2,1H3,(H,39,40)/t16-,23+/m0/s1. The lowest BCUT2D eigenvalue weighted by molar-refractivity contribution is -0.114. The van der Waals surface area contributed by atoms with Crippen molar-refractivity contribution in [3.05, 3.63) is 63.7 Å². The maximum Gasteiger partial charge on any atom is 0.341 e. The predicted octanol–water partition coefficient (Wildman–Crippen LogP) is 3.27. The number of rotatable bonds is 6. The number of carbonyl (C=O) groups is 3. The van der Waals surface area contributed by atoms with Gasteiger partial charge in [-0.1, -0.05) is 12.1 Å². The number of benzene rings is 2. The minimum Gasteiger partial charge on any atom is -0.492 e. The number of amides is 1. The van der Waals surface area contributed by atoms with Gasteiger partial charge >= 0.3 is 11.9 Å². The van der Waals surface area contributed by atoms with Crippen molar-refractivity contribution in [2.24, 2.45) is 5.92 Å². The summed E-state index contributed by atoms with van der Waals surface area (Å²) >= 11 is 0. The van der Waals surface area contributed by atoms with Gasteiger partial charge in [0.15, 0.2) is 11.6 Å². The van der Waals surface area contributed by atoms with E-state index < -0.39 is 34.5 Å². The monoisotopic (exact) mass is 560 g/mol. The van der Waals surface area contributed by atoms with E-state index in [-0.39, 0.29) is 41.5 Å². The van der Waals surface area contributed by atoms with E-state index >= 15 is 4.39 Å². The number of ether oxygens (including phenoxy) is 1. The number of carboxylic acids is 1. The first kappa shape index (κ1) is 25.7. The van der Waals surface area contributed by atoms with E-state index in [0.29, 0.717) is 29.9 Å². The van der Waals surface area contributed by atoms with Crippen LogP contribution in [0.2, 0.25) is 0 Å². The van der Waals surface area contributed by atoms with Crippen molar-refractivity contribution in [1.82, 2.24) is 9.47 Å². The average Bonchev–Trinajstić information content (AvgIpc) is 3.67. The number of aromatic carboxylic acids is 1. The van der Waals surface area contributed by atoms with Gasteiger partial charge in [-0.05, 0) is 49.8 Å². The Labute approximate surface area is 234 Å². The molecule has 4 aliphatic rings. The minimum absolute atomic E-state index is 0.0102. The lowest BCUT2D eigenvalue weighted by Crippen LogP contribution is -2.51. The molecule has 212 valence electrons. The van der Waals surface area contributed by atoms with Crippen molar-refractivity contribution >= 4 is 39.9 Å². The van der Waals surface area contributed by atoms with Crippen molar-refractivity contribution in [2.45, 2.75) is 37.8 Å². The second-order valence-corrected chi connectivity index (χ2v) is 11.4. The summed E-state index contributed by atoms with van der Waals surface area (Å²) in [5.41, 5.74) is 0.558. The third-order valence-corrected chi connectivity index (χ3v) is 8.99. The first-order valence-corrected chi connectivity index (χ1v) is 13.9. The molecular weight excluding hydrogens is 531 g/mol. The van der Waals surface area contributed by atoms with Gasteiger partial charge in [0.2, 0.25) is 5.43 Å². The lowest BCUT2D eigenvalue weighted by Gasteiger charge is -2.38.